The zero-order valence-electron chi connectivity index (χ0n) is 15.5. The number of allylic oxidation sites excluding steroid dienone is 1. The zero-order valence-corrected chi connectivity index (χ0v) is 15.5. The third-order valence-electron chi connectivity index (χ3n) is 3.32. The zero-order chi connectivity index (χ0) is 18.7. The molecule has 4 nitrogen and oxygen atoms in total. The van der Waals surface area contributed by atoms with E-state index in [1.165, 1.54) is 5.57 Å². The van der Waals surface area contributed by atoms with Gasteiger partial charge in [-0.25, -0.2) is 9.97 Å². The largest absolute Gasteiger partial charge is 0.352 e. The SMILES string of the molecule is C=C(C)c1ccnc(-c2ccccc2)n1.CC.CC1=CC(=O)NCC1. The lowest BCUT2D eigenvalue weighted by Gasteiger charge is -2.08. The second kappa shape index (κ2) is 10.9. The van der Waals surface area contributed by atoms with Crippen molar-refractivity contribution in [3.63, 3.8) is 0 Å². The Labute approximate surface area is 150 Å². The second-order valence-corrected chi connectivity index (χ2v) is 5.44. The second-order valence-electron chi connectivity index (χ2n) is 5.44. The van der Waals surface area contributed by atoms with Gasteiger partial charge in [0.25, 0.3) is 0 Å². The number of carbonyl (C=O) groups is 1. The highest BCUT2D eigenvalue weighted by Crippen LogP contribution is 2.16. The molecule has 1 aliphatic rings. The molecule has 0 saturated heterocycles. The molecule has 0 spiro atoms. The molecule has 0 aliphatic carbocycles. The minimum absolute atomic E-state index is 0.0498. The Morgan fingerprint density at radius 3 is 2.36 bits per heavy atom. The Kier molecular flexibility index (Phi) is 8.86. The molecule has 0 fully saturated rings. The number of nitrogens with one attached hydrogen (secondary N) is 1. The first-order valence-corrected chi connectivity index (χ1v) is 8.55. The molecule has 3 rings (SSSR count). The van der Waals surface area contributed by atoms with Gasteiger partial charge in [0.15, 0.2) is 5.82 Å². The van der Waals surface area contributed by atoms with Gasteiger partial charge < -0.3 is 5.32 Å². The van der Waals surface area contributed by atoms with E-state index in [9.17, 15) is 4.79 Å². The van der Waals surface area contributed by atoms with E-state index in [2.05, 4.69) is 21.9 Å². The summed E-state index contributed by atoms with van der Waals surface area (Å²) in [6.07, 6.45) is 4.41. The van der Waals surface area contributed by atoms with Crippen molar-refractivity contribution in [3.8, 4) is 11.4 Å². The van der Waals surface area contributed by atoms with E-state index in [-0.39, 0.29) is 5.91 Å². The van der Waals surface area contributed by atoms with Crippen LogP contribution in [0.15, 0.2) is 60.8 Å². The summed E-state index contributed by atoms with van der Waals surface area (Å²) in [7, 11) is 0. The van der Waals surface area contributed by atoms with Gasteiger partial charge in [-0.1, -0.05) is 56.3 Å². The highest BCUT2D eigenvalue weighted by atomic mass is 16.1. The quantitative estimate of drug-likeness (QED) is 0.867. The van der Waals surface area contributed by atoms with E-state index in [4.69, 9.17) is 0 Å². The number of aromatic nitrogens is 2. The van der Waals surface area contributed by atoms with Gasteiger partial charge in [-0.2, -0.15) is 0 Å². The molecule has 2 aromatic rings. The molecule has 4 heteroatoms. The fourth-order valence-corrected chi connectivity index (χ4v) is 2.05. The van der Waals surface area contributed by atoms with E-state index < -0.39 is 0 Å². The Morgan fingerprint density at radius 1 is 1.16 bits per heavy atom. The van der Waals surface area contributed by atoms with Gasteiger partial charge >= 0.3 is 0 Å². The number of hydrogen-bond donors (Lipinski definition) is 1. The minimum atomic E-state index is 0.0498. The van der Waals surface area contributed by atoms with Crippen molar-refractivity contribution in [2.45, 2.75) is 34.1 Å². The lowest BCUT2D eigenvalue weighted by Crippen LogP contribution is -2.26. The van der Waals surface area contributed by atoms with Crippen molar-refractivity contribution in [2.75, 3.05) is 6.54 Å². The summed E-state index contributed by atoms with van der Waals surface area (Å²) in [5, 5.41) is 2.70. The first-order chi connectivity index (χ1) is 12.1. The van der Waals surface area contributed by atoms with Crippen LogP contribution in [0.25, 0.3) is 17.0 Å². The summed E-state index contributed by atoms with van der Waals surface area (Å²) < 4.78 is 0. The summed E-state index contributed by atoms with van der Waals surface area (Å²) in [5.41, 5.74) is 4.05. The Morgan fingerprint density at radius 2 is 1.84 bits per heavy atom. The number of carbonyl (C=O) groups excluding carboxylic acids is 1. The number of nitrogens with zero attached hydrogens (tertiary/aromatic N) is 2. The summed E-state index contributed by atoms with van der Waals surface area (Å²) in [6.45, 7) is 12.6. The Balaban J connectivity index is 0.000000264. The van der Waals surface area contributed by atoms with Crippen LogP contribution < -0.4 is 5.32 Å². The molecule has 1 aromatic carbocycles. The van der Waals surface area contributed by atoms with Crippen molar-refractivity contribution in [1.82, 2.24) is 15.3 Å². The van der Waals surface area contributed by atoms with Crippen LogP contribution in [-0.2, 0) is 4.79 Å². The standard InChI is InChI=1S/C13H12N2.C6H9NO.C2H6/c1-10(2)12-8-9-14-13(15-12)11-6-4-3-5-7-11;1-5-2-3-7-6(8)4-5;1-2/h3-9H,1H2,2H3;4H,2-3H2,1H3,(H,7,8);1-2H3. The third kappa shape index (κ3) is 7.12. The monoisotopic (exact) mass is 337 g/mol. The number of amides is 1. The van der Waals surface area contributed by atoms with Gasteiger partial charge in [0, 0.05) is 24.4 Å². The molecule has 0 radical (unpaired) electrons. The van der Waals surface area contributed by atoms with Crippen LogP contribution in [0, 0.1) is 0 Å². The molecule has 1 amide bonds. The fraction of sp³-hybridized carbons (Fsp3) is 0.286. The van der Waals surface area contributed by atoms with E-state index in [0.29, 0.717) is 0 Å². The highest BCUT2D eigenvalue weighted by molar-refractivity contribution is 5.88. The van der Waals surface area contributed by atoms with Crippen LogP contribution in [0.2, 0.25) is 0 Å². The molecule has 1 aromatic heterocycles. The molecule has 2 heterocycles. The highest BCUT2D eigenvalue weighted by Gasteiger charge is 2.03. The fourth-order valence-electron chi connectivity index (χ4n) is 2.05. The average Bonchev–Trinajstić information content (AvgIpc) is 2.64. The van der Waals surface area contributed by atoms with Crippen LogP contribution in [0.5, 0.6) is 0 Å². The molecule has 132 valence electrons. The molecular weight excluding hydrogens is 310 g/mol. The van der Waals surface area contributed by atoms with Crippen LogP contribution in [-0.4, -0.2) is 22.4 Å². The molecular formula is C21H27N3O. The van der Waals surface area contributed by atoms with Crippen LogP contribution in [0.3, 0.4) is 0 Å². The molecule has 0 atom stereocenters. The molecule has 0 saturated carbocycles. The van der Waals surface area contributed by atoms with E-state index in [1.54, 1.807) is 12.3 Å². The van der Waals surface area contributed by atoms with Gasteiger partial charge in [0.2, 0.25) is 5.91 Å². The maximum Gasteiger partial charge on any atom is 0.243 e. The first-order valence-electron chi connectivity index (χ1n) is 8.55. The number of hydrogen-bond acceptors (Lipinski definition) is 3. The molecule has 1 N–H and O–H groups in total. The van der Waals surface area contributed by atoms with Gasteiger partial charge in [-0.15, -0.1) is 0 Å². The number of rotatable bonds is 2. The molecule has 0 unspecified atom stereocenters. The predicted molar refractivity (Wildman–Crippen MR) is 105 cm³/mol. The van der Waals surface area contributed by atoms with Crippen molar-refractivity contribution < 1.29 is 4.79 Å². The van der Waals surface area contributed by atoms with Crippen molar-refractivity contribution in [2.24, 2.45) is 0 Å². The lowest BCUT2D eigenvalue weighted by molar-refractivity contribution is -0.116. The van der Waals surface area contributed by atoms with E-state index in [0.717, 1.165) is 35.6 Å². The predicted octanol–water partition coefficient (Wildman–Crippen LogP) is 4.66. The molecule has 25 heavy (non-hydrogen) atoms. The maximum absolute atomic E-state index is 10.5. The average molecular weight is 337 g/mol. The van der Waals surface area contributed by atoms with Gasteiger partial charge in [-0.3, -0.25) is 4.79 Å². The Bertz CT molecular complexity index is 721. The van der Waals surface area contributed by atoms with Crippen molar-refractivity contribution in [1.29, 1.82) is 0 Å². The van der Waals surface area contributed by atoms with Crippen molar-refractivity contribution in [3.05, 3.63) is 66.5 Å². The summed E-state index contributed by atoms with van der Waals surface area (Å²) >= 11 is 0. The maximum atomic E-state index is 10.5. The molecule has 1 aliphatic heterocycles. The smallest absolute Gasteiger partial charge is 0.243 e. The van der Waals surface area contributed by atoms with E-state index in [1.807, 2.05) is 64.1 Å². The van der Waals surface area contributed by atoms with Crippen LogP contribution in [0.4, 0.5) is 0 Å². The van der Waals surface area contributed by atoms with Crippen LogP contribution in [0.1, 0.15) is 39.8 Å². The Hall–Kier alpha value is -2.75. The summed E-state index contributed by atoms with van der Waals surface area (Å²) in [4.78, 5) is 19.2. The number of benzene rings is 1. The summed E-state index contributed by atoms with van der Waals surface area (Å²) in [6, 6.07) is 11.8. The van der Waals surface area contributed by atoms with Gasteiger partial charge in [-0.05, 0) is 31.9 Å². The lowest BCUT2D eigenvalue weighted by atomic mass is 10.1. The molecule has 0 bridgehead atoms. The van der Waals surface area contributed by atoms with Gasteiger partial charge in [0.1, 0.15) is 0 Å². The third-order valence-corrected chi connectivity index (χ3v) is 3.32. The van der Waals surface area contributed by atoms with Crippen LogP contribution >= 0.6 is 0 Å². The van der Waals surface area contributed by atoms with Gasteiger partial charge in [0.05, 0.1) is 5.69 Å². The topological polar surface area (TPSA) is 54.9 Å². The normalized spacial score (nSPS) is 12.5. The first kappa shape index (κ1) is 20.3. The van der Waals surface area contributed by atoms with Crippen molar-refractivity contribution >= 4 is 11.5 Å². The van der Waals surface area contributed by atoms with E-state index >= 15 is 0 Å². The minimum Gasteiger partial charge on any atom is -0.352 e. The summed E-state index contributed by atoms with van der Waals surface area (Å²) in [5.74, 6) is 0.796.